The molecule has 2 rings (SSSR count). The number of anilines is 1. The third kappa shape index (κ3) is 3.09. The maximum atomic E-state index is 4.61. The molecule has 1 aliphatic heterocycles. The summed E-state index contributed by atoms with van der Waals surface area (Å²) >= 11 is 0. The van der Waals surface area contributed by atoms with Gasteiger partial charge in [0, 0.05) is 12.1 Å². The van der Waals surface area contributed by atoms with Gasteiger partial charge in [-0.3, -0.25) is 0 Å². The summed E-state index contributed by atoms with van der Waals surface area (Å²) in [5.74, 6) is 1.13. The molecular formula is C17H32N4. The minimum atomic E-state index is 0.0435. The highest BCUT2D eigenvalue weighted by Gasteiger charge is 2.33. The maximum absolute atomic E-state index is 4.61. The first-order valence-electron chi connectivity index (χ1n) is 8.56. The van der Waals surface area contributed by atoms with E-state index in [-0.39, 0.29) is 11.1 Å². The standard InChI is InChI=1S/C17H32N4/c1-7-16(3,4)20-13-11-9-10-12-14-15(20)18-19-21(14)17(5,6)8-2/h7-13H2,1-6H3. The fourth-order valence-corrected chi connectivity index (χ4v) is 2.98. The van der Waals surface area contributed by atoms with Crippen LogP contribution in [-0.4, -0.2) is 27.1 Å². The van der Waals surface area contributed by atoms with E-state index >= 15 is 0 Å². The van der Waals surface area contributed by atoms with E-state index in [2.05, 4.69) is 61.4 Å². The molecule has 2 heterocycles. The molecule has 0 radical (unpaired) electrons. The smallest absolute Gasteiger partial charge is 0.174 e. The van der Waals surface area contributed by atoms with Crippen LogP contribution in [-0.2, 0) is 12.0 Å². The monoisotopic (exact) mass is 292 g/mol. The average Bonchev–Trinajstić information content (AvgIpc) is 2.82. The lowest BCUT2D eigenvalue weighted by atomic mass is 9.95. The third-order valence-electron chi connectivity index (χ3n) is 5.33. The Bertz CT molecular complexity index is 473. The average molecular weight is 292 g/mol. The molecule has 21 heavy (non-hydrogen) atoms. The quantitative estimate of drug-likeness (QED) is 0.836. The number of nitrogens with zero attached hydrogens (tertiary/aromatic N) is 4. The lowest BCUT2D eigenvalue weighted by molar-refractivity contribution is 0.290. The molecule has 0 fully saturated rings. The Morgan fingerprint density at radius 2 is 1.62 bits per heavy atom. The van der Waals surface area contributed by atoms with Gasteiger partial charge in [0.25, 0.3) is 0 Å². The Morgan fingerprint density at radius 1 is 0.952 bits per heavy atom. The third-order valence-corrected chi connectivity index (χ3v) is 5.33. The van der Waals surface area contributed by atoms with Crippen molar-refractivity contribution in [3.8, 4) is 0 Å². The van der Waals surface area contributed by atoms with Crippen LogP contribution < -0.4 is 4.90 Å². The lowest BCUT2D eigenvalue weighted by Crippen LogP contribution is -2.45. The molecule has 120 valence electrons. The maximum Gasteiger partial charge on any atom is 0.174 e. The van der Waals surface area contributed by atoms with Crippen molar-refractivity contribution in [2.75, 3.05) is 11.4 Å². The predicted molar refractivity (Wildman–Crippen MR) is 88.9 cm³/mol. The highest BCUT2D eigenvalue weighted by molar-refractivity contribution is 5.46. The molecule has 0 saturated carbocycles. The zero-order chi connectivity index (χ0) is 15.7. The van der Waals surface area contributed by atoms with E-state index in [0.29, 0.717) is 0 Å². The fourth-order valence-electron chi connectivity index (χ4n) is 2.98. The van der Waals surface area contributed by atoms with Crippen LogP contribution in [0.25, 0.3) is 0 Å². The minimum Gasteiger partial charge on any atom is -0.348 e. The molecule has 0 unspecified atom stereocenters. The van der Waals surface area contributed by atoms with Crippen molar-refractivity contribution in [2.24, 2.45) is 0 Å². The molecule has 0 spiro atoms. The molecule has 1 aromatic heterocycles. The van der Waals surface area contributed by atoms with Crippen LogP contribution in [0.4, 0.5) is 5.82 Å². The number of hydrogen-bond acceptors (Lipinski definition) is 3. The van der Waals surface area contributed by atoms with Crippen LogP contribution in [0.3, 0.4) is 0 Å². The summed E-state index contributed by atoms with van der Waals surface area (Å²) in [6.45, 7) is 14.7. The molecule has 0 amide bonds. The number of rotatable bonds is 4. The van der Waals surface area contributed by atoms with Gasteiger partial charge < -0.3 is 4.90 Å². The Balaban J connectivity index is 2.49. The van der Waals surface area contributed by atoms with Crippen LogP contribution in [0.1, 0.15) is 79.3 Å². The number of hydrogen-bond donors (Lipinski definition) is 0. The molecule has 4 nitrogen and oxygen atoms in total. The summed E-state index contributed by atoms with van der Waals surface area (Å²) in [7, 11) is 0. The van der Waals surface area contributed by atoms with Crippen molar-refractivity contribution >= 4 is 5.82 Å². The summed E-state index contributed by atoms with van der Waals surface area (Å²) < 4.78 is 2.19. The van der Waals surface area contributed by atoms with Crippen molar-refractivity contribution in [2.45, 2.75) is 91.1 Å². The van der Waals surface area contributed by atoms with E-state index in [4.69, 9.17) is 0 Å². The van der Waals surface area contributed by atoms with Crippen molar-refractivity contribution in [3.63, 3.8) is 0 Å². The first kappa shape index (κ1) is 16.3. The zero-order valence-electron chi connectivity index (χ0n) is 14.7. The van der Waals surface area contributed by atoms with Crippen LogP contribution in [0, 0.1) is 0 Å². The van der Waals surface area contributed by atoms with Gasteiger partial charge in [0.1, 0.15) is 0 Å². The van der Waals surface area contributed by atoms with Crippen molar-refractivity contribution in [1.82, 2.24) is 15.0 Å². The summed E-state index contributed by atoms with van der Waals surface area (Å²) in [5.41, 5.74) is 1.52. The van der Waals surface area contributed by atoms with Gasteiger partial charge >= 0.3 is 0 Å². The molecule has 0 aliphatic carbocycles. The normalized spacial score (nSPS) is 17.3. The summed E-state index contributed by atoms with van der Waals surface area (Å²) in [6.07, 6.45) is 7.10. The predicted octanol–water partition coefficient (Wildman–Crippen LogP) is 4.14. The van der Waals surface area contributed by atoms with E-state index in [1.54, 1.807) is 0 Å². The second-order valence-corrected chi connectivity index (χ2v) is 7.57. The topological polar surface area (TPSA) is 34.0 Å². The lowest BCUT2D eigenvalue weighted by Gasteiger charge is -2.40. The zero-order valence-corrected chi connectivity index (χ0v) is 14.7. The Hall–Kier alpha value is -1.06. The molecule has 0 aromatic carbocycles. The molecule has 4 heteroatoms. The van der Waals surface area contributed by atoms with Gasteiger partial charge in [-0.25, -0.2) is 4.68 Å². The van der Waals surface area contributed by atoms with Gasteiger partial charge in [0.05, 0.1) is 11.2 Å². The van der Waals surface area contributed by atoms with Crippen LogP contribution >= 0.6 is 0 Å². The molecule has 0 bridgehead atoms. The fraction of sp³-hybridized carbons (Fsp3) is 0.882. The minimum absolute atomic E-state index is 0.0435. The Labute approximate surface area is 129 Å². The Kier molecular flexibility index (Phi) is 4.64. The summed E-state index contributed by atoms with van der Waals surface area (Å²) in [6, 6.07) is 0. The van der Waals surface area contributed by atoms with Gasteiger partial charge in [-0.1, -0.05) is 25.5 Å². The highest BCUT2D eigenvalue weighted by Crippen LogP contribution is 2.33. The van der Waals surface area contributed by atoms with Gasteiger partial charge in [-0.05, 0) is 59.8 Å². The summed E-state index contributed by atoms with van der Waals surface area (Å²) in [4.78, 5) is 2.50. The highest BCUT2D eigenvalue weighted by atomic mass is 15.5. The second kappa shape index (κ2) is 5.98. The molecule has 1 aliphatic rings. The SMILES string of the molecule is CCC(C)(C)N1CCCCCc2c1nnn2C(C)(C)CC. The number of fused-ring (bicyclic) bond motifs is 1. The first-order chi connectivity index (χ1) is 9.83. The molecule has 1 aromatic rings. The van der Waals surface area contributed by atoms with Crippen molar-refractivity contribution in [3.05, 3.63) is 5.69 Å². The van der Waals surface area contributed by atoms with E-state index in [1.165, 1.54) is 25.0 Å². The molecule has 0 atom stereocenters. The largest absolute Gasteiger partial charge is 0.348 e. The molecule has 0 N–H and O–H groups in total. The van der Waals surface area contributed by atoms with Gasteiger partial charge in [0.2, 0.25) is 0 Å². The molecule has 0 saturated heterocycles. The second-order valence-electron chi connectivity index (χ2n) is 7.57. The van der Waals surface area contributed by atoms with Gasteiger partial charge in [0.15, 0.2) is 5.82 Å². The van der Waals surface area contributed by atoms with E-state index in [0.717, 1.165) is 31.6 Å². The van der Waals surface area contributed by atoms with Crippen LogP contribution in [0.15, 0.2) is 0 Å². The van der Waals surface area contributed by atoms with Crippen molar-refractivity contribution in [1.29, 1.82) is 0 Å². The van der Waals surface area contributed by atoms with E-state index in [1.807, 2.05) is 0 Å². The van der Waals surface area contributed by atoms with Gasteiger partial charge in [-0.2, -0.15) is 0 Å². The Morgan fingerprint density at radius 3 is 2.24 bits per heavy atom. The number of aromatic nitrogens is 3. The van der Waals surface area contributed by atoms with Crippen molar-refractivity contribution < 1.29 is 0 Å². The van der Waals surface area contributed by atoms with Crippen LogP contribution in [0.5, 0.6) is 0 Å². The van der Waals surface area contributed by atoms with E-state index < -0.39 is 0 Å². The van der Waals surface area contributed by atoms with Gasteiger partial charge in [-0.15, -0.1) is 5.10 Å². The first-order valence-corrected chi connectivity index (χ1v) is 8.56. The molecular weight excluding hydrogens is 260 g/mol. The van der Waals surface area contributed by atoms with Crippen LogP contribution in [0.2, 0.25) is 0 Å². The van der Waals surface area contributed by atoms with E-state index in [9.17, 15) is 0 Å². The summed E-state index contributed by atoms with van der Waals surface area (Å²) in [5, 5.41) is 9.15.